The second-order valence-electron chi connectivity index (χ2n) is 8.94. The Morgan fingerprint density at radius 3 is 2.50 bits per heavy atom. The van der Waals surface area contributed by atoms with Crippen LogP contribution in [-0.2, 0) is 9.59 Å². The Labute approximate surface area is 208 Å². The molecule has 2 amide bonds. The van der Waals surface area contributed by atoms with Gasteiger partial charge in [-0.1, -0.05) is 30.3 Å². The first-order valence-corrected chi connectivity index (χ1v) is 11.8. The highest BCUT2D eigenvalue weighted by Crippen LogP contribution is 2.30. The second-order valence-corrected chi connectivity index (χ2v) is 8.94. The molecule has 1 N–H and O–H groups in total. The molecule has 1 fully saturated rings. The van der Waals surface area contributed by atoms with Gasteiger partial charge in [-0.2, -0.15) is 0 Å². The fourth-order valence-electron chi connectivity index (χ4n) is 4.56. The second kappa shape index (κ2) is 9.70. The van der Waals surface area contributed by atoms with Crippen molar-refractivity contribution in [2.75, 3.05) is 19.0 Å². The fraction of sp³-hybridized carbons (Fsp3) is 0.207. The highest BCUT2D eigenvalue weighted by Gasteiger charge is 2.37. The number of carbonyl (C=O) groups excluding carboxylic acids is 2. The maximum absolute atomic E-state index is 12.9. The molecule has 4 aromatic rings. The lowest BCUT2D eigenvalue weighted by Gasteiger charge is -2.25. The summed E-state index contributed by atoms with van der Waals surface area (Å²) in [6, 6.07) is 23.3. The van der Waals surface area contributed by atoms with Gasteiger partial charge in [-0.15, -0.1) is 0 Å². The van der Waals surface area contributed by atoms with Crippen molar-refractivity contribution in [1.29, 1.82) is 0 Å². The Bertz CT molecular complexity index is 1480. The molecule has 2 heterocycles. The van der Waals surface area contributed by atoms with Gasteiger partial charge in [0.2, 0.25) is 11.8 Å². The summed E-state index contributed by atoms with van der Waals surface area (Å²) in [6.45, 7) is 2.36. The Morgan fingerprint density at radius 1 is 1.03 bits per heavy atom. The van der Waals surface area contributed by atoms with E-state index in [-0.39, 0.29) is 29.7 Å². The molecule has 1 saturated heterocycles. The summed E-state index contributed by atoms with van der Waals surface area (Å²) >= 11 is 0. The molecule has 2 unspecified atom stereocenters. The normalized spacial score (nSPS) is 16.2. The number of hydrogen-bond acceptors (Lipinski definition) is 5. The van der Waals surface area contributed by atoms with Crippen molar-refractivity contribution in [2.45, 2.75) is 19.4 Å². The highest BCUT2D eigenvalue weighted by molar-refractivity contribution is 5.97. The minimum Gasteiger partial charge on any atom is -0.497 e. The number of methoxy groups -OCH3 is 1. The molecule has 36 heavy (non-hydrogen) atoms. The summed E-state index contributed by atoms with van der Waals surface area (Å²) in [5.41, 5.74) is 2.67. The average Bonchev–Trinajstić information content (AvgIpc) is 3.30. The third-order valence-corrected chi connectivity index (χ3v) is 6.65. The maximum Gasteiger partial charge on any atom is 0.229 e. The van der Waals surface area contributed by atoms with Crippen molar-refractivity contribution in [1.82, 2.24) is 4.90 Å². The zero-order chi connectivity index (χ0) is 25.2. The average molecular weight is 483 g/mol. The van der Waals surface area contributed by atoms with Crippen LogP contribution in [0.4, 0.5) is 5.69 Å². The highest BCUT2D eigenvalue weighted by atomic mass is 16.5. The number of amides is 2. The first-order valence-electron chi connectivity index (χ1n) is 11.8. The number of fused-ring (bicyclic) bond motifs is 1. The summed E-state index contributed by atoms with van der Waals surface area (Å²) in [6.07, 6.45) is 0.189. The van der Waals surface area contributed by atoms with Gasteiger partial charge < -0.3 is 19.4 Å². The number of benzene rings is 3. The van der Waals surface area contributed by atoms with Crippen LogP contribution in [0.5, 0.6) is 5.75 Å². The quantitative estimate of drug-likeness (QED) is 0.417. The van der Waals surface area contributed by atoms with E-state index in [0.29, 0.717) is 40.3 Å². The van der Waals surface area contributed by atoms with E-state index >= 15 is 0 Å². The lowest BCUT2D eigenvalue weighted by atomic mass is 10.1. The van der Waals surface area contributed by atoms with Gasteiger partial charge in [-0.05, 0) is 55.0 Å². The molecule has 2 atom stereocenters. The number of hydrogen-bond donors (Lipinski definition) is 1. The summed E-state index contributed by atoms with van der Waals surface area (Å²) < 4.78 is 11.1. The molecule has 0 aliphatic carbocycles. The predicted octanol–water partition coefficient (Wildman–Crippen LogP) is 5.02. The molecule has 3 aromatic carbocycles. The predicted molar refractivity (Wildman–Crippen MR) is 138 cm³/mol. The van der Waals surface area contributed by atoms with Gasteiger partial charge in [-0.25, -0.2) is 0 Å². The van der Waals surface area contributed by atoms with Crippen LogP contribution in [0.3, 0.4) is 0 Å². The van der Waals surface area contributed by atoms with Crippen LogP contribution < -0.4 is 15.5 Å². The van der Waals surface area contributed by atoms with E-state index in [0.717, 1.165) is 5.56 Å². The van der Waals surface area contributed by atoms with Crippen molar-refractivity contribution in [3.05, 3.63) is 94.6 Å². The number of nitrogens with one attached hydrogen (secondary N) is 1. The fourth-order valence-corrected chi connectivity index (χ4v) is 4.56. The third-order valence-electron chi connectivity index (χ3n) is 6.65. The standard InChI is InChI=1S/C29H26N2O5/c1-18(19-6-4-3-5-7-19)31-17-21(14-28(31)33)29(34)30-22-10-8-20(9-11-22)27-16-25(32)24-15-23(35-2)12-13-26(24)36-27/h3-13,15-16,18,21H,14,17H2,1-2H3,(H,30,34). The van der Waals surface area contributed by atoms with Gasteiger partial charge in [0, 0.05) is 30.3 Å². The van der Waals surface area contributed by atoms with Crippen molar-refractivity contribution in [3.8, 4) is 17.1 Å². The van der Waals surface area contributed by atoms with E-state index in [1.165, 1.54) is 6.07 Å². The SMILES string of the molecule is COc1ccc2oc(-c3ccc(NC(=O)C4CC(=O)N(C(C)c5ccccc5)C4)cc3)cc(=O)c2c1. The summed E-state index contributed by atoms with van der Waals surface area (Å²) in [5, 5.41) is 3.36. The van der Waals surface area contributed by atoms with E-state index in [2.05, 4.69) is 5.32 Å². The molecule has 1 aliphatic rings. The van der Waals surface area contributed by atoms with Gasteiger partial charge in [-0.3, -0.25) is 14.4 Å². The molecule has 1 aromatic heterocycles. The third kappa shape index (κ3) is 4.60. The number of likely N-dealkylation sites (tertiary alicyclic amines) is 1. The molecule has 0 spiro atoms. The van der Waals surface area contributed by atoms with Crippen LogP contribution >= 0.6 is 0 Å². The van der Waals surface area contributed by atoms with Crippen LogP contribution in [0.25, 0.3) is 22.3 Å². The van der Waals surface area contributed by atoms with Gasteiger partial charge >= 0.3 is 0 Å². The molecule has 0 radical (unpaired) electrons. The largest absolute Gasteiger partial charge is 0.497 e. The van der Waals surface area contributed by atoms with Crippen molar-refractivity contribution in [3.63, 3.8) is 0 Å². The molecule has 0 saturated carbocycles. The lowest BCUT2D eigenvalue weighted by molar-refractivity contribution is -0.129. The maximum atomic E-state index is 12.9. The molecule has 182 valence electrons. The Balaban J connectivity index is 1.27. The summed E-state index contributed by atoms with van der Waals surface area (Å²) in [5.74, 6) is 0.390. The smallest absolute Gasteiger partial charge is 0.229 e. The number of nitrogens with zero attached hydrogens (tertiary/aromatic N) is 1. The first-order chi connectivity index (χ1) is 17.4. The molecule has 7 nitrogen and oxygen atoms in total. The molecule has 5 rings (SSSR count). The van der Waals surface area contributed by atoms with E-state index in [9.17, 15) is 14.4 Å². The number of ether oxygens (including phenoxy) is 1. The minimum atomic E-state index is -0.418. The lowest BCUT2D eigenvalue weighted by Crippen LogP contribution is -2.30. The topological polar surface area (TPSA) is 88.8 Å². The van der Waals surface area contributed by atoms with Crippen molar-refractivity contribution in [2.24, 2.45) is 5.92 Å². The van der Waals surface area contributed by atoms with Crippen LogP contribution in [0, 0.1) is 5.92 Å². The minimum absolute atomic E-state index is 0.0224. The van der Waals surface area contributed by atoms with Gasteiger partial charge in [0.1, 0.15) is 17.1 Å². The van der Waals surface area contributed by atoms with E-state index in [4.69, 9.17) is 9.15 Å². The summed E-state index contributed by atoms with van der Waals surface area (Å²) in [7, 11) is 1.54. The molecule has 0 bridgehead atoms. The van der Waals surface area contributed by atoms with Crippen molar-refractivity contribution < 1.29 is 18.7 Å². The zero-order valence-corrected chi connectivity index (χ0v) is 20.1. The Hall–Kier alpha value is -4.39. The van der Waals surface area contributed by atoms with Gasteiger partial charge in [0.15, 0.2) is 5.43 Å². The zero-order valence-electron chi connectivity index (χ0n) is 20.1. The summed E-state index contributed by atoms with van der Waals surface area (Å²) in [4.78, 5) is 39.9. The van der Waals surface area contributed by atoms with E-state index in [1.54, 1.807) is 54.5 Å². The van der Waals surface area contributed by atoms with Gasteiger partial charge in [0.25, 0.3) is 0 Å². The molecular weight excluding hydrogens is 456 g/mol. The van der Waals surface area contributed by atoms with Crippen LogP contribution in [0.15, 0.2) is 88.1 Å². The van der Waals surface area contributed by atoms with Crippen LogP contribution in [0.1, 0.15) is 24.9 Å². The first kappa shape index (κ1) is 23.4. The number of carbonyl (C=O) groups is 2. The van der Waals surface area contributed by atoms with E-state index < -0.39 is 5.92 Å². The number of rotatable bonds is 6. The van der Waals surface area contributed by atoms with Gasteiger partial charge in [0.05, 0.1) is 24.5 Å². The van der Waals surface area contributed by atoms with Crippen LogP contribution in [0.2, 0.25) is 0 Å². The van der Waals surface area contributed by atoms with E-state index in [1.807, 2.05) is 37.3 Å². The molecule has 7 heteroatoms. The number of anilines is 1. The Morgan fingerprint density at radius 2 is 1.78 bits per heavy atom. The van der Waals surface area contributed by atoms with Crippen LogP contribution in [-0.4, -0.2) is 30.4 Å². The Kier molecular flexibility index (Phi) is 6.29. The van der Waals surface area contributed by atoms with Crippen molar-refractivity contribution >= 4 is 28.5 Å². The molecular formula is C29H26N2O5. The molecule has 1 aliphatic heterocycles. The monoisotopic (exact) mass is 482 g/mol.